The lowest BCUT2D eigenvalue weighted by Crippen LogP contribution is -2.45. The second kappa shape index (κ2) is 7.65. The minimum absolute atomic E-state index is 0.286. The third kappa shape index (κ3) is 3.93. The Kier molecular flexibility index (Phi) is 4.85. The Balaban J connectivity index is 1.19. The van der Waals surface area contributed by atoms with Crippen LogP contribution < -0.4 is 10.5 Å². The Bertz CT molecular complexity index is 986. The van der Waals surface area contributed by atoms with E-state index in [-0.39, 0.29) is 6.03 Å². The molecule has 0 aliphatic carbocycles. The zero-order valence-electron chi connectivity index (χ0n) is 16.2. The van der Waals surface area contributed by atoms with Crippen molar-refractivity contribution >= 4 is 27.6 Å². The number of nitrogens with two attached hydrogens (primary N) is 1. The molecule has 6 nitrogen and oxygen atoms in total. The molecule has 7 heteroatoms. The van der Waals surface area contributed by atoms with Gasteiger partial charge in [-0.25, -0.2) is 9.78 Å². The smallest absolute Gasteiger partial charge is 0.314 e. The molecule has 2 unspecified atom stereocenters. The van der Waals surface area contributed by atoms with Gasteiger partial charge >= 0.3 is 6.03 Å². The number of hydrogen-bond acceptors (Lipinski definition) is 5. The number of fused-ring (bicyclic) bond motifs is 2. The largest absolute Gasteiger partial charge is 0.431 e. The van der Waals surface area contributed by atoms with Crippen LogP contribution >= 0.6 is 11.3 Å². The summed E-state index contributed by atoms with van der Waals surface area (Å²) in [6.45, 7) is 4.64. The Hall–Kier alpha value is -2.64. The van der Waals surface area contributed by atoms with Crippen molar-refractivity contribution in [2.75, 3.05) is 26.2 Å². The molecule has 2 atom stereocenters. The van der Waals surface area contributed by atoms with Gasteiger partial charge in [-0.1, -0.05) is 35.6 Å². The van der Waals surface area contributed by atoms with Gasteiger partial charge in [0.15, 0.2) is 0 Å². The van der Waals surface area contributed by atoms with Crippen LogP contribution in [0.3, 0.4) is 0 Å². The first-order valence-corrected chi connectivity index (χ1v) is 10.8. The van der Waals surface area contributed by atoms with Gasteiger partial charge in [-0.3, -0.25) is 4.90 Å². The van der Waals surface area contributed by atoms with E-state index >= 15 is 0 Å². The summed E-state index contributed by atoms with van der Waals surface area (Å²) in [6, 6.07) is 16.0. The van der Waals surface area contributed by atoms with Crippen molar-refractivity contribution in [1.29, 1.82) is 0 Å². The molecule has 1 aromatic heterocycles. The summed E-state index contributed by atoms with van der Waals surface area (Å²) in [6.07, 6.45) is 1.05. The number of ether oxygens (including phenoxy) is 1. The van der Waals surface area contributed by atoms with Crippen molar-refractivity contribution in [3.05, 3.63) is 54.1 Å². The number of aromatic nitrogens is 1. The maximum Gasteiger partial charge on any atom is 0.314 e. The van der Waals surface area contributed by atoms with Gasteiger partial charge in [0.1, 0.15) is 5.75 Å². The minimum atomic E-state index is -0.286. The minimum Gasteiger partial charge on any atom is -0.431 e. The van der Waals surface area contributed by atoms with Crippen molar-refractivity contribution in [3.63, 3.8) is 0 Å². The van der Waals surface area contributed by atoms with Crippen molar-refractivity contribution in [2.45, 2.75) is 13.0 Å². The van der Waals surface area contributed by atoms with Gasteiger partial charge in [0.2, 0.25) is 0 Å². The maximum absolute atomic E-state index is 11.4. The Labute approximate surface area is 173 Å². The van der Waals surface area contributed by atoms with E-state index < -0.39 is 0 Å². The van der Waals surface area contributed by atoms with Crippen LogP contribution in [-0.2, 0) is 6.54 Å². The zero-order chi connectivity index (χ0) is 19.8. The van der Waals surface area contributed by atoms with Crippen molar-refractivity contribution in [1.82, 2.24) is 14.8 Å². The molecule has 29 heavy (non-hydrogen) atoms. The van der Waals surface area contributed by atoms with E-state index in [0.29, 0.717) is 17.0 Å². The average Bonchev–Trinajstić information content (AvgIpc) is 3.31. The van der Waals surface area contributed by atoms with Gasteiger partial charge in [0, 0.05) is 32.7 Å². The van der Waals surface area contributed by atoms with E-state index in [2.05, 4.69) is 28.1 Å². The SMILES string of the molecule is NC(=O)N1CCC2CN(Cc3ccc(Oc4nc5ccccc5s4)cc3)CC2C1. The summed E-state index contributed by atoms with van der Waals surface area (Å²) in [5, 5.41) is 0.668. The Morgan fingerprint density at radius 1 is 1.10 bits per heavy atom. The number of benzene rings is 2. The molecular weight excluding hydrogens is 384 g/mol. The fourth-order valence-corrected chi connectivity index (χ4v) is 5.35. The monoisotopic (exact) mass is 408 g/mol. The standard InChI is InChI=1S/C22H24N4O2S/c23-21(27)26-10-9-16-12-25(13-17(16)14-26)11-15-5-7-18(8-6-15)28-22-24-19-3-1-2-4-20(19)29-22/h1-8,16-17H,9-14H2,(H2,23,27). The molecule has 2 aliphatic heterocycles. The molecule has 3 heterocycles. The fraction of sp³-hybridized carbons (Fsp3) is 0.364. The lowest BCUT2D eigenvalue weighted by Gasteiger charge is -2.33. The number of rotatable bonds is 4. The number of thiazole rings is 1. The first-order chi connectivity index (χ1) is 14.1. The Morgan fingerprint density at radius 3 is 2.69 bits per heavy atom. The number of para-hydroxylation sites is 1. The van der Waals surface area contributed by atoms with Crippen molar-refractivity contribution in [2.24, 2.45) is 17.6 Å². The normalized spacial score (nSPS) is 22.0. The molecule has 0 radical (unpaired) electrons. The number of carbonyl (C=O) groups excluding carboxylic acids is 1. The van der Waals surface area contributed by atoms with Gasteiger partial charge < -0.3 is 15.4 Å². The van der Waals surface area contributed by atoms with Crippen LogP contribution in [0.25, 0.3) is 10.2 Å². The highest BCUT2D eigenvalue weighted by atomic mass is 32.1. The number of carbonyl (C=O) groups is 1. The summed E-state index contributed by atoms with van der Waals surface area (Å²) < 4.78 is 7.07. The van der Waals surface area contributed by atoms with Crippen molar-refractivity contribution < 1.29 is 9.53 Å². The van der Waals surface area contributed by atoms with Crippen LogP contribution in [0, 0.1) is 11.8 Å². The van der Waals surface area contributed by atoms with Crippen LogP contribution in [0.4, 0.5) is 4.79 Å². The molecule has 2 saturated heterocycles. The topological polar surface area (TPSA) is 71.7 Å². The number of urea groups is 1. The molecule has 0 bridgehead atoms. The van der Waals surface area contributed by atoms with Crippen LogP contribution in [0.2, 0.25) is 0 Å². The molecule has 2 amide bonds. The molecule has 2 N–H and O–H groups in total. The molecular formula is C22H24N4O2S. The summed E-state index contributed by atoms with van der Waals surface area (Å²) in [7, 11) is 0. The summed E-state index contributed by atoms with van der Waals surface area (Å²) in [5.74, 6) is 2.02. The second-order valence-electron chi connectivity index (χ2n) is 7.98. The van der Waals surface area contributed by atoms with Crippen LogP contribution in [0.1, 0.15) is 12.0 Å². The number of primary amides is 1. The van der Waals surface area contributed by atoms with Gasteiger partial charge in [0.25, 0.3) is 5.19 Å². The molecule has 3 aromatic rings. The van der Waals surface area contributed by atoms with Gasteiger partial charge in [-0.15, -0.1) is 0 Å². The zero-order valence-corrected chi connectivity index (χ0v) is 17.0. The van der Waals surface area contributed by atoms with E-state index in [9.17, 15) is 4.79 Å². The number of nitrogens with zero attached hydrogens (tertiary/aromatic N) is 3. The lowest BCUT2D eigenvalue weighted by atomic mass is 9.89. The molecule has 2 fully saturated rings. The van der Waals surface area contributed by atoms with E-state index in [4.69, 9.17) is 10.5 Å². The summed E-state index contributed by atoms with van der Waals surface area (Å²) in [4.78, 5) is 20.3. The number of amides is 2. The van der Waals surface area contributed by atoms with Crippen LogP contribution in [-0.4, -0.2) is 47.0 Å². The maximum atomic E-state index is 11.4. The number of piperidine rings is 1. The molecule has 2 aromatic carbocycles. The summed E-state index contributed by atoms with van der Waals surface area (Å²) >= 11 is 1.56. The van der Waals surface area contributed by atoms with Gasteiger partial charge in [-0.2, -0.15) is 0 Å². The predicted octanol–water partition coefficient (Wildman–Crippen LogP) is 3.92. The first kappa shape index (κ1) is 18.4. The van der Waals surface area contributed by atoms with E-state index in [1.54, 1.807) is 16.2 Å². The molecule has 150 valence electrons. The van der Waals surface area contributed by atoms with Gasteiger partial charge in [-0.05, 0) is 48.1 Å². The third-order valence-corrected chi connectivity index (χ3v) is 6.91. The van der Waals surface area contributed by atoms with E-state index in [0.717, 1.165) is 55.1 Å². The molecule has 5 rings (SSSR count). The Morgan fingerprint density at radius 2 is 1.90 bits per heavy atom. The van der Waals surface area contributed by atoms with Gasteiger partial charge in [0.05, 0.1) is 10.2 Å². The average molecular weight is 409 g/mol. The quantitative estimate of drug-likeness (QED) is 0.710. The molecule has 0 spiro atoms. The highest BCUT2D eigenvalue weighted by molar-refractivity contribution is 7.20. The predicted molar refractivity (Wildman–Crippen MR) is 114 cm³/mol. The third-order valence-electron chi connectivity index (χ3n) is 6.00. The van der Waals surface area contributed by atoms with Crippen LogP contribution in [0.5, 0.6) is 10.9 Å². The van der Waals surface area contributed by atoms with Crippen molar-refractivity contribution in [3.8, 4) is 10.9 Å². The number of likely N-dealkylation sites (tertiary alicyclic amines) is 2. The fourth-order valence-electron chi connectivity index (χ4n) is 4.51. The summed E-state index contributed by atoms with van der Waals surface area (Å²) in [5.41, 5.74) is 7.69. The lowest BCUT2D eigenvalue weighted by molar-refractivity contribution is 0.158. The van der Waals surface area contributed by atoms with E-state index in [1.165, 1.54) is 5.56 Å². The van der Waals surface area contributed by atoms with Crippen LogP contribution in [0.15, 0.2) is 48.5 Å². The van der Waals surface area contributed by atoms with E-state index in [1.807, 2.05) is 30.3 Å². The number of hydrogen-bond donors (Lipinski definition) is 1. The first-order valence-electron chi connectivity index (χ1n) is 10.0. The highest BCUT2D eigenvalue weighted by Crippen LogP contribution is 2.33. The molecule has 0 saturated carbocycles. The highest BCUT2D eigenvalue weighted by Gasteiger charge is 2.37. The second-order valence-corrected chi connectivity index (χ2v) is 8.97. The molecule has 2 aliphatic rings.